The summed E-state index contributed by atoms with van der Waals surface area (Å²) in [6, 6.07) is 32.8. The molecular weight excluding hydrogens is 442 g/mol. The lowest BCUT2D eigenvalue weighted by atomic mass is 9.97. The first-order chi connectivity index (χ1) is 17.9. The van der Waals surface area contributed by atoms with Crippen molar-refractivity contribution in [1.29, 1.82) is 0 Å². The highest BCUT2D eigenvalue weighted by Crippen LogP contribution is 2.49. The molecule has 0 aliphatic heterocycles. The maximum absolute atomic E-state index is 4.50. The molecule has 0 saturated carbocycles. The molecule has 8 rings (SSSR count). The van der Waals surface area contributed by atoms with E-state index in [2.05, 4.69) is 127 Å². The zero-order valence-electron chi connectivity index (χ0n) is 19.3. The zero-order chi connectivity index (χ0) is 23.6. The van der Waals surface area contributed by atoms with Gasteiger partial charge in [-0.2, -0.15) is 4.57 Å². The van der Waals surface area contributed by atoms with E-state index in [1.54, 1.807) is 12.7 Å². The summed E-state index contributed by atoms with van der Waals surface area (Å²) in [6.07, 6.45) is 7.45. The van der Waals surface area contributed by atoms with Gasteiger partial charge in [-0.05, 0) is 40.1 Å². The van der Waals surface area contributed by atoms with Crippen LogP contribution in [0, 0.1) is 0 Å². The van der Waals surface area contributed by atoms with Gasteiger partial charge in [-0.3, -0.25) is 4.57 Å². The Kier molecular flexibility index (Phi) is 3.93. The molecule has 0 radical (unpaired) electrons. The average molecular weight is 463 g/mol. The smallest absolute Gasteiger partial charge is 0.237 e. The molecule has 5 heteroatoms. The molecule has 0 saturated heterocycles. The summed E-state index contributed by atoms with van der Waals surface area (Å²) < 4.78 is 4.48. The van der Waals surface area contributed by atoms with Crippen molar-refractivity contribution in [3.8, 4) is 17.1 Å². The van der Waals surface area contributed by atoms with Crippen LogP contribution >= 0.6 is 0 Å². The summed E-state index contributed by atoms with van der Waals surface area (Å²) in [7, 11) is 0. The number of nitrogens with zero attached hydrogens (tertiary/aromatic N) is 5. The fourth-order valence-corrected chi connectivity index (χ4v) is 5.93. The van der Waals surface area contributed by atoms with Crippen LogP contribution in [-0.2, 0) is 0 Å². The number of aromatic nitrogens is 5. The van der Waals surface area contributed by atoms with Gasteiger partial charge in [0.25, 0.3) is 0 Å². The molecule has 3 heterocycles. The average Bonchev–Trinajstić information content (AvgIpc) is 3.45. The highest BCUT2D eigenvalue weighted by atomic mass is 15.2. The van der Waals surface area contributed by atoms with Crippen molar-refractivity contribution in [2.45, 2.75) is 6.04 Å². The third-order valence-electron chi connectivity index (χ3n) is 7.39. The maximum Gasteiger partial charge on any atom is 0.237 e. The van der Waals surface area contributed by atoms with Crippen LogP contribution in [0.4, 0.5) is 0 Å². The van der Waals surface area contributed by atoms with Crippen molar-refractivity contribution in [2.24, 2.45) is 0 Å². The van der Waals surface area contributed by atoms with Gasteiger partial charge in [-0.15, -0.1) is 0 Å². The van der Waals surface area contributed by atoms with Crippen molar-refractivity contribution in [3.63, 3.8) is 0 Å². The van der Waals surface area contributed by atoms with Crippen LogP contribution in [0.15, 0.2) is 116 Å². The lowest BCUT2D eigenvalue weighted by Crippen LogP contribution is -2.38. The second-order valence-corrected chi connectivity index (χ2v) is 9.22. The van der Waals surface area contributed by atoms with Crippen molar-refractivity contribution >= 4 is 32.6 Å². The molecule has 5 nitrogen and oxygen atoms in total. The molecule has 1 aliphatic carbocycles. The van der Waals surface area contributed by atoms with Gasteiger partial charge >= 0.3 is 0 Å². The van der Waals surface area contributed by atoms with Crippen LogP contribution in [-0.4, -0.2) is 19.5 Å². The molecular formula is C31H20N5+. The number of rotatable bonds is 2. The molecule has 0 spiro atoms. The van der Waals surface area contributed by atoms with Crippen molar-refractivity contribution in [2.75, 3.05) is 0 Å². The fraction of sp³-hybridized carbons (Fsp3) is 0.0323. The summed E-state index contributed by atoms with van der Waals surface area (Å²) in [5.41, 5.74) is 7.37. The SMILES string of the molecule is c1cc[n+](C2c3cc4c5ccccc5n(-c5ncncn5)c4cc3-c3ccc4ccccc4c32)cc1. The van der Waals surface area contributed by atoms with Gasteiger partial charge in [0.05, 0.1) is 11.0 Å². The summed E-state index contributed by atoms with van der Waals surface area (Å²) in [5.74, 6) is 0.627. The molecule has 4 aromatic carbocycles. The summed E-state index contributed by atoms with van der Waals surface area (Å²) >= 11 is 0. The quantitative estimate of drug-likeness (QED) is 0.295. The Hall–Kier alpha value is -4.90. The minimum absolute atomic E-state index is 0.0889. The lowest BCUT2D eigenvalue weighted by molar-refractivity contribution is -0.704. The minimum atomic E-state index is 0.0889. The molecule has 1 unspecified atom stereocenters. The molecule has 7 aromatic rings. The molecule has 1 atom stereocenters. The molecule has 0 N–H and O–H groups in total. The number of para-hydroxylation sites is 1. The van der Waals surface area contributed by atoms with Gasteiger partial charge in [0.15, 0.2) is 12.4 Å². The van der Waals surface area contributed by atoms with Crippen molar-refractivity contribution in [1.82, 2.24) is 19.5 Å². The second kappa shape index (κ2) is 7.30. The zero-order valence-corrected chi connectivity index (χ0v) is 19.3. The van der Waals surface area contributed by atoms with Crippen LogP contribution in [0.2, 0.25) is 0 Å². The predicted octanol–water partition coefficient (Wildman–Crippen LogP) is 6.03. The second-order valence-electron chi connectivity index (χ2n) is 9.22. The third kappa shape index (κ3) is 2.59. The van der Waals surface area contributed by atoms with Crippen LogP contribution in [0.25, 0.3) is 49.7 Å². The van der Waals surface area contributed by atoms with E-state index in [0.29, 0.717) is 5.95 Å². The molecule has 1 aliphatic rings. The molecule has 3 aromatic heterocycles. The van der Waals surface area contributed by atoms with Gasteiger partial charge in [-0.1, -0.05) is 60.7 Å². The molecule has 0 fully saturated rings. The summed E-state index contributed by atoms with van der Waals surface area (Å²) in [6.45, 7) is 0. The van der Waals surface area contributed by atoms with Crippen LogP contribution in [0.3, 0.4) is 0 Å². The van der Waals surface area contributed by atoms with Gasteiger partial charge in [0.2, 0.25) is 12.0 Å². The predicted molar refractivity (Wildman–Crippen MR) is 141 cm³/mol. The summed E-state index contributed by atoms with van der Waals surface area (Å²) in [4.78, 5) is 13.0. The Balaban J connectivity index is 1.53. The van der Waals surface area contributed by atoms with E-state index < -0.39 is 0 Å². The first-order valence-electron chi connectivity index (χ1n) is 12.1. The van der Waals surface area contributed by atoms with E-state index in [1.165, 1.54) is 43.8 Å². The Labute approximate surface area is 207 Å². The molecule has 0 amide bonds. The van der Waals surface area contributed by atoms with E-state index in [-0.39, 0.29) is 6.04 Å². The Morgan fingerprint density at radius 3 is 2.28 bits per heavy atom. The van der Waals surface area contributed by atoms with Crippen molar-refractivity contribution in [3.05, 3.63) is 127 Å². The van der Waals surface area contributed by atoms with E-state index in [9.17, 15) is 0 Å². The minimum Gasteiger partial charge on any atom is -0.278 e. The number of hydrogen-bond acceptors (Lipinski definition) is 3. The largest absolute Gasteiger partial charge is 0.278 e. The highest BCUT2D eigenvalue weighted by Gasteiger charge is 2.37. The third-order valence-corrected chi connectivity index (χ3v) is 7.39. The molecule has 0 bridgehead atoms. The van der Waals surface area contributed by atoms with Crippen LogP contribution in [0.1, 0.15) is 17.2 Å². The standard InChI is InChI=1S/C31H20N5/c1-6-14-35(15-7-1)30-26-16-25-22-10-4-5-11-27(22)36(31-33-18-32-19-34-31)28(25)17-24(26)23-13-12-20-8-2-3-9-21(20)29(23)30/h1-19,30H/q+1. The van der Waals surface area contributed by atoms with E-state index in [1.807, 2.05) is 0 Å². The maximum atomic E-state index is 4.50. The Morgan fingerprint density at radius 2 is 1.42 bits per heavy atom. The fourth-order valence-electron chi connectivity index (χ4n) is 5.93. The van der Waals surface area contributed by atoms with Crippen LogP contribution < -0.4 is 4.57 Å². The van der Waals surface area contributed by atoms with Gasteiger partial charge < -0.3 is 0 Å². The normalized spacial score (nSPS) is 14.4. The van der Waals surface area contributed by atoms with Gasteiger partial charge in [0, 0.05) is 34.0 Å². The first kappa shape index (κ1) is 19.4. The van der Waals surface area contributed by atoms with E-state index in [0.717, 1.165) is 11.0 Å². The summed E-state index contributed by atoms with van der Waals surface area (Å²) in [5, 5.41) is 4.94. The lowest BCUT2D eigenvalue weighted by Gasteiger charge is -2.11. The number of fused-ring (bicyclic) bond motifs is 8. The Morgan fingerprint density at radius 1 is 0.639 bits per heavy atom. The van der Waals surface area contributed by atoms with E-state index in [4.69, 9.17) is 0 Å². The molecule has 168 valence electrons. The monoisotopic (exact) mass is 462 g/mol. The number of benzene rings is 4. The van der Waals surface area contributed by atoms with Crippen molar-refractivity contribution < 1.29 is 4.57 Å². The topological polar surface area (TPSA) is 47.5 Å². The Bertz CT molecular complexity index is 1940. The van der Waals surface area contributed by atoms with Crippen LogP contribution in [0.5, 0.6) is 0 Å². The first-order valence-corrected chi connectivity index (χ1v) is 12.1. The highest BCUT2D eigenvalue weighted by molar-refractivity contribution is 6.11. The van der Waals surface area contributed by atoms with E-state index >= 15 is 0 Å². The molecule has 36 heavy (non-hydrogen) atoms. The van der Waals surface area contributed by atoms with Gasteiger partial charge in [-0.25, -0.2) is 15.0 Å². The number of pyridine rings is 1. The number of hydrogen-bond donors (Lipinski definition) is 0. The van der Waals surface area contributed by atoms with Gasteiger partial charge in [0.1, 0.15) is 12.7 Å².